The molecular formula is C15H20BrNO3. The zero-order chi connectivity index (χ0) is 14.5. The van der Waals surface area contributed by atoms with Crippen LogP contribution in [0.4, 0.5) is 0 Å². The summed E-state index contributed by atoms with van der Waals surface area (Å²) in [5.74, 6) is 0.765. The molecule has 5 heteroatoms. The molecule has 0 bridgehead atoms. The SMILES string of the molecule is CC(C)Oc1cccc(C(=O)N2CCOCC2CBr)c1. The number of carbonyl (C=O) groups is 1. The van der Waals surface area contributed by atoms with E-state index in [1.165, 1.54) is 0 Å². The minimum Gasteiger partial charge on any atom is -0.491 e. The Morgan fingerprint density at radius 1 is 1.55 bits per heavy atom. The van der Waals surface area contributed by atoms with Gasteiger partial charge in [-0.15, -0.1) is 0 Å². The summed E-state index contributed by atoms with van der Waals surface area (Å²) >= 11 is 3.44. The highest BCUT2D eigenvalue weighted by Gasteiger charge is 2.27. The predicted octanol–water partition coefficient (Wildman–Crippen LogP) is 2.71. The minimum atomic E-state index is 0.0342. The molecule has 1 aromatic rings. The smallest absolute Gasteiger partial charge is 0.254 e. The van der Waals surface area contributed by atoms with E-state index < -0.39 is 0 Å². The van der Waals surface area contributed by atoms with Gasteiger partial charge in [-0.2, -0.15) is 0 Å². The van der Waals surface area contributed by atoms with Crippen molar-refractivity contribution in [2.24, 2.45) is 0 Å². The van der Waals surface area contributed by atoms with Crippen molar-refractivity contribution in [3.63, 3.8) is 0 Å². The maximum Gasteiger partial charge on any atom is 0.254 e. The van der Waals surface area contributed by atoms with Crippen LogP contribution in [0, 0.1) is 0 Å². The number of hydrogen-bond donors (Lipinski definition) is 0. The summed E-state index contributed by atoms with van der Waals surface area (Å²) < 4.78 is 11.1. The number of halogens is 1. The first-order valence-electron chi connectivity index (χ1n) is 6.83. The Morgan fingerprint density at radius 3 is 3.05 bits per heavy atom. The number of hydrogen-bond acceptors (Lipinski definition) is 3. The van der Waals surface area contributed by atoms with Crippen molar-refractivity contribution >= 4 is 21.8 Å². The molecule has 1 saturated heterocycles. The molecule has 0 radical (unpaired) electrons. The van der Waals surface area contributed by atoms with Gasteiger partial charge in [0.05, 0.1) is 25.4 Å². The van der Waals surface area contributed by atoms with Crippen LogP contribution in [0.2, 0.25) is 0 Å². The molecule has 1 aliphatic rings. The van der Waals surface area contributed by atoms with Gasteiger partial charge in [-0.25, -0.2) is 0 Å². The van der Waals surface area contributed by atoms with Crippen molar-refractivity contribution in [1.82, 2.24) is 4.90 Å². The first-order valence-corrected chi connectivity index (χ1v) is 7.95. The minimum absolute atomic E-state index is 0.0342. The fourth-order valence-electron chi connectivity index (χ4n) is 2.19. The van der Waals surface area contributed by atoms with Crippen molar-refractivity contribution in [2.75, 3.05) is 25.1 Å². The van der Waals surface area contributed by atoms with Crippen LogP contribution in [0.3, 0.4) is 0 Å². The Morgan fingerprint density at radius 2 is 2.35 bits per heavy atom. The van der Waals surface area contributed by atoms with E-state index in [2.05, 4.69) is 15.9 Å². The van der Waals surface area contributed by atoms with Gasteiger partial charge in [0.1, 0.15) is 5.75 Å². The summed E-state index contributed by atoms with van der Waals surface area (Å²) in [7, 11) is 0. The van der Waals surface area contributed by atoms with E-state index in [4.69, 9.17) is 9.47 Å². The fraction of sp³-hybridized carbons (Fsp3) is 0.533. The van der Waals surface area contributed by atoms with Crippen LogP contribution in [0.25, 0.3) is 0 Å². The van der Waals surface area contributed by atoms with Crippen molar-refractivity contribution in [3.05, 3.63) is 29.8 Å². The third-order valence-electron chi connectivity index (χ3n) is 3.12. The molecule has 2 rings (SSSR count). The highest BCUT2D eigenvalue weighted by Crippen LogP contribution is 2.19. The van der Waals surface area contributed by atoms with Crippen molar-refractivity contribution < 1.29 is 14.3 Å². The molecule has 0 saturated carbocycles. The van der Waals surface area contributed by atoms with E-state index in [1.54, 1.807) is 0 Å². The summed E-state index contributed by atoms with van der Waals surface area (Å²) in [5.41, 5.74) is 0.663. The molecule has 1 fully saturated rings. The van der Waals surface area contributed by atoms with E-state index in [0.29, 0.717) is 25.3 Å². The number of ether oxygens (including phenoxy) is 2. The molecule has 0 N–H and O–H groups in total. The van der Waals surface area contributed by atoms with Gasteiger partial charge in [-0.1, -0.05) is 22.0 Å². The number of benzene rings is 1. The van der Waals surface area contributed by atoms with Gasteiger partial charge in [0.2, 0.25) is 0 Å². The Bertz CT molecular complexity index is 464. The summed E-state index contributed by atoms with van der Waals surface area (Å²) in [4.78, 5) is 14.5. The highest BCUT2D eigenvalue weighted by atomic mass is 79.9. The third kappa shape index (κ3) is 3.73. The molecule has 1 atom stereocenters. The molecule has 1 amide bonds. The van der Waals surface area contributed by atoms with Crippen molar-refractivity contribution in [1.29, 1.82) is 0 Å². The molecule has 1 aromatic carbocycles. The van der Waals surface area contributed by atoms with Gasteiger partial charge in [-0.05, 0) is 32.0 Å². The highest BCUT2D eigenvalue weighted by molar-refractivity contribution is 9.09. The van der Waals surface area contributed by atoms with Crippen molar-refractivity contribution in [2.45, 2.75) is 26.0 Å². The molecule has 1 aliphatic heterocycles. The van der Waals surface area contributed by atoms with Gasteiger partial charge >= 0.3 is 0 Å². The van der Waals surface area contributed by atoms with Crippen LogP contribution in [-0.4, -0.2) is 48.0 Å². The first kappa shape index (κ1) is 15.3. The van der Waals surface area contributed by atoms with Crippen LogP contribution in [0.1, 0.15) is 24.2 Å². The largest absolute Gasteiger partial charge is 0.491 e. The van der Waals surface area contributed by atoms with Gasteiger partial charge in [-0.3, -0.25) is 4.79 Å². The van der Waals surface area contributed by atoms with E-state index >= 15 is 0 Å². The molecule has 1 unspecified atom stereocenters. The summed E-state index contributed by atoms with van der Waals surface area (Å²) in [5, 5.41) is 0.723. The lowest BCUT2D eigenvalue weighted by Gasteiger charge is -2.34. The second kappa shape index (κ2) is 7.09. The van der Waals surface area contributed by atoms with E-state index in [9.17, 15) is 4.79 Å². The lowest BCUT2D eigenvalue weighted by atomic mass is 10.1. The Balaban J connectivity index is 2.15. The maximum atomic E-state index is 12.6. The Kier molecular flexibility index (Phi) is 5.43. The molecule has 0 spiro atoms. The second-order valence-corrected chi connectivity index (χ2v) is 5.72. The lowest BCUT2D eigenvalue weighted by molar-refractivity contribution is 0.00522. The molecular weight excluding hydrogens is 322 g/mol. The van der Waals surface area contributed by atoms with Gasteiger partial charge in [0.25, 0.3) is 5.91 Å². The zero-order valence-electron chi connectivity index (χ0n) is 11.8. The van der Waals surface area contributed by atoms with Gasteiger partial charge in [0, 0.05) is 17.4 Å². The first-order chi connectivity index (χ1) is 9.61. The molecule has 110 valence electrons. The molecule has 20 heavy (non-hydrogen) atoms. The number of morpholine rings is 1. The molecule has 4 nitrogen and oxygen atoms in total. The topological polar surface area (TPSA) is 38.8 Å². The fourth-order valence-corrected chi connectivity index (χ4v) is 2.73. The van der Waals surface area contributed by atoms with Crippen LogP contribution in [0.15, 0.2) is 24.3 Å². The number of carbonyl (C=O) groups excluding carboxylic acids is 1. The standard InChI is InChI=1S/C15H20BrNO3/c1-11(2)20-14-5-3-4-12(8-14)15(18)17-6-7-19-10-13(17)9-16/h3-5,8,11,13H,6-7,9-10H2,1-2H3. The second-order valence-electron chi connectivity index (χ2n) is 5.08. The van der Waals surface area contributed by atoms with E-state index in [0.717, 1.165) is 11.1 Å². The number of alkyl halides is 1. The van der Waals surface area contributed by atoms with Crippen LogP contribution >= 0.6 is 15.9 Å². The van der Waals surface area contributed by atoms with E-state index in [1.807, 2.05) is 43.0 Å². The van der Waals surface area contributed by atoms with E-state index in [-0.39, 0.29) is 18.1 Å². The molecule has 0 aromatic heterocycles. The average molecular weight is 342 g/mol. The zero-order valence-corrected chi connectivity index (χ0v) is 13.4. The van der Waals surface area contributed by atoms with Crippen LogP contribution in [-0.2, 0) is 4.74 Å². The Hall–Kier alpha value is -1.07. The van der Waals surface area contributed by atoms with Crippen LogP contribution in [0.5, 0.6) is 5.75 Å². The van der Waals surface area contributed by atoms with Crippen molar-refractivity contribution in [3.8, 4) is 5.75 Å². The number of rotatable bonds is 4. The summed E-state index contributed by atoms with van der Waals surface area (Å²) in [6.07, 6.45) is 0.0963. The normalized spacial score (nSPS) is 19.2. The summed E-state index contributed by atoms with van der Waals surface area (Å²) in [6, 6.07) is 7.46. The monoisotopic (exact) mass is 341 g/mol. The van der Waals surface area contributed by atoms with Gasteiger partial charge < -0.3 is 14.4 Å². The molecule has 1 heterocycles. The average Bonchev–Trinajstić information content (AvgIpc) is 2.46. The quantitative estimate of drug-likeness (QED) is 0.790. The summed E-state index contributed by atoms with van der Waals surface area (Å²) in [6.45, 7) is 5.75. The molecule has 0 aliphatic carbocycles. The van der Waals surface area contributed by atoms with Gasteiger partial charge in [0.15, 0.2) is 0 Å². The lowest BCUT2D eigenvalue weighted by Crippen LogP contribution is -2.49. The Labute approximate surface area is 128 Å². The van der Waals surface area contributed by atoms with Crippen LogP contribution < -0.4 is 4.74 Å². The predicted molar refractivity (Wildman–Crippen MR) is 81.6 cm³/mol. The third-order valence-corrected chi connectivity index (χ3v) is 3.87. The number of nitrogens with zero attached hydrogens (tertiary/aromatic N) is 1. The maximum absolute atomic E-state index is 12.6. The number of amides is 1.